The molecule has 2 aromatic carbocycles. The van der Waals surface area contributed by atoms with Crippen molar-refractivity contribution in [3.63, 3.8) is 0 Å². The molecule has 0 saturated heterocycles. The first-order chi connectivity index (χ1) is 17.0. The van der Waals surface area contributed by atoms with E-state index in [1.165, 1.54) is 0 Å². The predicted octanol–water partition coefficient (Wildman–Crippen LogP) is 3.68. The van der Waals surface area contributed by atoms with Gasteiger partial charge in [0.2, 0.25) is 5.82 Å². The summed E-state index contributed by atoms with van der Waals surface area (Å²) in [6.07, 6.45) is 2.32. The molecule has 180 valence electrons. The third-order valence-corrected chi connectivity index (χ3v) is 6.73. The van der Waals surface area contributed by atoms with Crippen LogP contribution in [0.3, 0.4) is 0 Å². The van der Waals surface area contributed by atoms with E-state index in [9.17, 15) is 19.5 Å². The van der Waals surface area contributed by atoms with Crippen LogP contribution in [0.15, 0.2) is 48.5 Å². The number of hydrogen-bond acceptors (Lipinski definition) is 6. The van der Waals surface area contributed by atoms with E-state index in [0.29, 0.717) is 12.8 Å². The standard InChI is InChI=1S/C25H25N5O5/c31-21(28-25(22(32)33)12-6-1-7-13-25)20-26-23(30-29-20)27-24(34)35-14-19-17-10-4-2-8-15(17)16-9-3-5-11-18(16)19/h2-5,8-11,19H,1,6-7,12-14H2,(H,28,31)(H,32,33)(H2,26,27,29,30,34). The average molecular weight is 476 g/mol. The maximum Gasteiger partial charge on any atom is 0.414 e. The fourth-order valence-electron chi connectivity index (χ4n) is 4.97. The molecule has 35 heavy (non-hydrogen) atoms. The van der Waals surface area contributed by atoms with Gasteiger partial charge in [0.25, 0.3) is 11.9 Å². The SMILES string of the molecule is O=C(Nc1n[nH]c(C(=O)NC2(C(=O)O)CCCCC2)n1)OCC1c2ccccc2-c2ccccc21. The van der Waals surface area contributed by atoms with Crippen LogP contribution in [-0.4, -0.2) is 50.4 Å². The van der Waals surface area contributed by atoms with Gasteiger partial charge in [0.15, 0.2) is 0 Å². The summed E-state index contributed by atoms with van der Waals surface area (Å²) in [7, 11) is 0. The van der Waals surface area contributed by atoms with Gasteiger partial charge >= 0.3 is 12.1 Å². The highest BCUT2D eigenvalue weighted by molar-refractivity contribution is 5.95. The number of aromatic nitrogens is 3. The Kier molecular flexibility index (Phi) is 5.94. The summed E-state index contributed by atoms with van der Waals surface area (Å²) in [4.78, 5) is 40.8. The number of carbonyl (C=O) groups excluding carboxylic acids is 2. The molecule has 10 nitrogen and oxygen atoms in total. The highest BCUT2D eigenvalue weighted by Crippen LogP contribution is 2.44. The number of amides is 2. The summed E-state index contributed by atoms with van der Waals surface area (Å²) in [5.74, 6) is -2.18. The zero-order chi connectivity index (χ0) is 24.4. The number of benzene rings is 2. The third-order valence-electron chi connectivity index (χ3n) is 6.73. The topological polar surface area (TPSA) is 146 Å². The molecule has 1 saturated carbocycles. The molecule has 0 bridgehead atoms. The van der Waals surface area contributed by atoms with Gasteiger partial charge in [-0.15, -0.1) is 5.10 Å². The van der Waals surface area contributed by atoms with Crippen LogP contribution in [0.2, 0.25) is 0 Å². The van der Waals surface area contributed by atoms with E-state index in [-0.39, 0.29) is 24.3 Å². The van der Waals surface area contributed by atoms with Crippen LogP contribution in [0.4, 0.5) is 10.7 Å². The molecule has 3 aromatic rings. The number of anilines is 1. The molecule has 0 spiro atoms. The zero-order valence-corrected chi connectivity index (χ0v) is 18.9. The second-order valence-corrected chi connectivity index (χ2v) is 8.86. The monoisotopic (exact) mass is 475 g/mol. The molecule has 1 aromatic heterocycles. The van der Waals surface area contributed by atoms with Crippen LogP contribution >= 0.6 is 0 Å². The summed E-state index contributed by atoms with van der Waals surface area (Å²) in [5.41, 5.74) is 3.11. The Labute approximate surface area is 201 Å². The maximum atomic E-state index is 12.6. The van der Waals surface area contributed by atoms with Gasteiger partial charge in [0, 0.05) is 5.92 Å². The number of ether oxygens (including phenoxy) is 1. The Balaban J connectivity index is 1.21. The van der Waals surface area contributed by atoms with Crippen molar-refractivity contribution in [1.29, 1.82) is 0 Å². The zero-order valence-electron chi connectivity index (χ0n) is 18.9. The van der Waals surface area contributed by atoms with E-state index in [1.807, 2.05) is 36.4 Å². The first kappa shape index (κ1) is 22.6. The fourth-order valence-corrected chi connectivity index (χ4v) is 4.97. The van der Waals surface area contributed by atoms with Gasteiger partial charge in [-0.3, -0.25) is 15.2 Å². The van der Waals surface area contributed by atoms with Crippen molar-refractivity contribution in [3.05, 3.63) is 65.5 Å². The smallest absolute Gasteiger partial charge is 0.414 e. The van der Waals surface area contributed by atoms with Gasteiger partial charge in [-0.1, -0.05) is 67.8 Å². The van der Waals surface area contributed by atoms with Crippen molar-refractivity contribution in [2.75, 3.05) is 11.9 Å². The molecule has 0 atom stereocenters. The van der Waals surface area contributed by atoms with E-state index in [2.05, 4.69) is 37.9 Å². The number of aliphatic carboxylic acids is 1. The number of H-pyrrole nitrogens is 1. The number of carboxylic acid groups (broad SMARTS) is 1. The number of nitrogens with one attached hydrogen (secondary N) is 3. The van der Waals surface area contributed by atoms with E-state index in [0.717, 1.165) is 41.5 Å². The Morgan fingerprint density at radius 2 is 1.63 bits per heavy atom. The molecule has 2 aliphatic carbocycles. The first-order valence-electron chi connectivity index (χ1n) is 11.6. The van der Waals surface area contributed by atoms with E-state index < -0.39 is 23.5 Å². The number of nitrogens with zero attached hydrogens (tertiary/aromatic N) is 2. The third kappa shape index (κ3) is 4.34. The number of aromatic amines is 1. The van der Waals surface area contributed by atoms with E-state index in [1.54, 1.807) is 0 Å². The predicted molar refractivity (Wildman–Crippen MR) is 126 cm³/mol. The van der Waals surface area contributed by atoms with Crippen molar-refractivity contribution >= 4 is 23.9 Å². The molecule has 1 heterocycles. The largest absolute Gasteiger partial charge is 0.480 e. The van der Waals surface area contributed by atoms with Crippen molar-refractivity contribution < 1.29 is 24.2 Å². The van der Waals surface area contributed by atoms with Gasteiger partial charge < -0.3 is 15.2 Å². The van der Waals surface area contributed by atoms with Crippen LogP contribution in [0, 0.1) is 0 Å². The maximum absolute atomic E-state index is 12.6. The highest BCUT2D eigenvalue weighted by atomic mass is 16.5. The van der Waals surface area contributed by atoms with Crippen LogP contribution in [0.1, 0.15) is 59.8 Å². The first-order valence-corrected chi connectivity index (χ1v) is 11.6. The van der Waals surface area contributed by atoms with Crippen LogP contribution in [-0.2, 0) is 9.53 Å². The average Bonchev–Trinajstić information content (AvgIpc) is 3.46. The molecule has 4 N–H and O–H groups in total. The summed E-state index contributed by atoms with van der Waals surface area (Å²) in [6, 6.07) is 16.0. The minimum Gasteiger partial charge on any atom is -0.480 e. The molecule has 5 rings (SSSR count). The summed E-state index contributed by atoms with van der Waals surface area (Å²) in [5, 5.41) is 20.9. The Bertz CT molecular complexity index is 1240. The van der Waals surface area contributed by atoms with Gasteiger partial charge in [-0.2, -0.15) is 4.98 Å². The lowest BCUT2D eigenvalue weighted by Crippen LogP contribution is -2.55. The molecule has 2 amide bonds. The minimum absolute atomic E-state index is 0.0932. The molecular formula is C25H25N5O5. The normalized spacial score (nSPS) is 16.1. The van der Waals surface area contributed by atoms with Gasteiger partial charge in [-0.25, -0.2) is 9.59 Å². The quantitative estimate of drug-likeness (QED) is 0.425. The minimum atomic E-state index is -1.32. The van der Waals surface area contributed by atoms with Gasteiger partial charge in [-0.05, 0) is 35.1 Å². The van der Waals surface area contributed by atoms with Crippen molar-refractivity contribution in [2.45, 2.75) is 43.6 Å². The van der Waals surface area contributed by atoms with E-state index >= 15 is 0 Å². The Hall–Kier alpha value is -4.21. The lowest BCUT2D eigenvalue weighted by atomic mass is 9.81. The Morgan fingerprint density at radius 1 is 1.00 bits per heavy atom. The number of carbonyl (C=O) groups is 3. The van der Waals surface area contributed by atoms with Crippen LogP contribution in [0.5, 0.6) is 0 Å². The fraction of sp³-hybridized carbons (Fsp3) is 0.320. The van der Waals surface area contributed by atoms with Crippen LogP contribution < -0.4 is 10.6 Å². The molecule has 2 aliphatic rings. The second kappa shape index (κ2) is 9.21. The summed E-state index contributed by atoms with van der Waals surface area (Å²) >= 11 is 0. The van der Waals surface area contributed by atoms with Crippen LogP contribution in [0.25, 0.3) is 11.1 Å². The molecule has 10 heteroatoms. The summed E-state index contributed by atoms with van der Waals surface area (Å²) < 4.78 is 5.46. The number of rotatable bonds is 6. The number of hydrogen-bond donors (Lipinski definition) is 4. The molecule has 0 unspecified atom stereocenters. The molecule has 1 fully saturated rings. The van der Waals surface area contributed by atoms with Gasteiger partial charge in [0.05, 0.1) is 0 Å². The Morgan fingerprint density at radius 3 is 2.26 bits per heavy atom. The molecule has 0 aliphatic heterocycles. The second-order valence-electron chi connectivity index (χ2n) is 8.86. The lowest BCUT2D eigenvalue weighted by molar-refractivity contribution is -0.145. The number of carboxylic acids is 1. The molecular weight excluding hydrogens is 450 g/mol. The highest BCUT2D eigenvalue weighted by Gasteiger charge is 2.41. The molecule has 0 radical (unpaired) electrons. The summed E-state index contributed by atoms with van der Waals surface area (Å²) in [6.45, 7) is 0.124. The van der Waals surface area contributed by atoms with Gasteiger partial charge in [0.1, 0.15) is 12.1 Å². The lowest BCUT2D eigenvalue weighted by Gasteiger charge is -2.33. The number of fused-ring (bicyclic) bond motifs is 3. The van der Waals surface area contributed by atoms with Crippen molar-refractivity contribution in [1.82, 2.24) is 20.5 Å². The van der Waals surface area contributed by atoms with Crippen molar-refractivity contribution in [2.24, 2.45) is 0 Å². The van der Waals surface area contributed by atoms with E-state index in [4.69, 9.17) is 4.74 Å². The van der Waals surface area contributed by atoms with Crippen molar-refractivity contribution in [3.8, 4) is 11.1 Å².